The van der Waals surface area contributed by atoms with Crippen LogP contribution < -0.4 is 15.4 Å². The van der Waals surface area contributed by atoms with Gasteiger partial charge < -0.3 is 15.4 Å². The molecule has 2 amide bonds. The first-order chi connectivity index (χ1) is 10.7. The molecule has 23 heavy (non-hydrogen) atoms. The molecule has 1 aromatic rings. The molecule has 0 aliphatic rings. The first kappa shape index (κ1) is 19.5. The molecule has 2 atom stereocenters. The number of carbonyl (C=O) groups excluding carboxylic acids is 1. The lowest BCUT2D eigenvalue weighted by Gasteiger charge is -2.19. The fraction of sp³-hybridized carbons (Fsp3) is 0.588. The molecule has 0 aliphatic heterocycles. The third kappa shape index (κ3) is 7.03. The van der Waals surface area contributed by atoms with E-state index in [1.54, 1.807) is 0 Å². The first-order valence-corrected chi connectivity index (χ1v) is 9.21. The SMILES string of the molecule is CCOc1cccc(C(C)NC(=O)NCCS(=O)C(C)(C)C)c1. The maximum absolute atomic E-state index is 11.9. The Morgan fingerprint density at radius 1 is 1.35 bits per heavy atom. The minimum atomic E-state index is -0.967. The van der Waals surface area contributed by atoms with Crippen molar-refractivity contribution >= 4 is 16.8 Å². The van der Waals surface area contributed by atoms with Crippen LogP contribution in [0.5, 0.6) is 5.75 Å². The predicted molar refractivity (Wildman–Crippen MR) is 95.3 cm³/mol. The van der Waals surface area contributed by atoms with Gasteiger partial charge in [-0.15, -0.1) is 0 Å². The van der Waals surface area contributed by atoms with Gasteiger partial charge in [0, 0.05) is 27.8 Å². The van der Waals surface area contributed by atoms with Gasteiger partial charge in [0.25, 0.3) is 0 Å². The first-order valence-electron chi connectivity index (χ1n) is 7.89. The Labute approximate surface area is 141 Å². The van der Waals surface area contributed by atoms with Crippen LogP contribution in [0.4, 0.5) is 4.79 Å². The molecule has 2 N–H and O–H groups in total. The van der Waals surface area contributed by atoms with Gasteiger partial charge in [0.15, 0.2) is 0 Å². The highest BCUT2D eigenvalue weighted by atomic mass is 32.2. The third-order valence-electron chi connectivity index (χ3n) is 3.27. The van der Waals surface area contributed by atoms with E-state index in [9.17, 15) is 9.00 Å². The smallest absolute Gasteiger partial charge is 0.315 e. The van der Waals surface area contributed by atoms with Gasteiger partial charge in [-0.05, 0) is 52.3 Å². The van der Waals surface area contributed by atoms with Crippen LogP contribution in [-0.2, 0) is 10.8 Å². The van der Waals surface area contributed by atoms with Crippen molar-refractivity contribution in [1.82, 2.24) is 10.6 Å². The van der Waals surface area contributed by atoms with Crippen molar-refractivity contribution in [3.63, 3.8) is 0 Å². The number of benzene rings is 1. The minimum Gasteiger partial charge on any atom is -0.494 e. The van der Waals surface area contributed by atoms with Crippen LogP contribution in [0.15, 0.2) is 24.3 Å². The van der Waals surface area contributed by atoms with Crippen molar-refractivity contribution in [1.29, 1.82) is 0 Å². The van der Waals surface area contributed by atoms with E-state index in [0.717, 1.165) is 11.3 Å². The standard InChI is InChI=1S/C17H28N2O3S/c1-6-22-15-9-7-8-14(12-15)13(2)19-16(20)18-10-11-23(21)17(3,4)5/h7-9,12-13H,6,10-11H2,1-5H3,(H2,18,19,20). The van der Waals surface area contributed by atoms with E-state index in [2.05, 4.69) is 10.6 Å². The molecule has 0 aliphatic carbocycles. The van der Waals surface area contributed by atoms with E-state index in [-0.39, 0.29) is 16.8 Å². The van der Waals surface area contributed by atoms with Crippen LogP contribution >= 0.6 is 0 Å². The molecule has 2 unspecified atom stereocenters. The number of hydrogen-bond acceptors (Lipinski definition) is 3. The average molecular weight is 340 g/mol. The highest BCUT2D eigenvalue weighted by Gasteiger charge is 2.19. The van der Waals surface area contributed by atoms with Crippen molar-refractivity contribution in [2.45, 2.75) is 45.4 Å². The summed E-state index contributed by atoms with van der Waals surface area (Å²) in [7, 11) is -0.967. The van der Waals surface area contributed by atoms with Gasteiger partial charge >= 0.3 is 6.03 Å². The van der Waals surface area contributed by atoms with Gasteiger partial charge in [-0.25, -0.2) is 4.79 Å². The third-order valence-corrected chi connectivity index (χ3v) is 5.21. The lowest BCUT2D eigenvalue weighted by Crippen LogP contribution is -2.40. The quantitative estimate of drug-likeness (QED) is 0.802. The van der Waals surface area contributed by atoms with Crippen molar-refractivity contribution in [3.05, 3.63) is 29.8 Å². The van der Waals surface area contributed by atoms with E-state index < -0.39 is 10.8 Å². The van der Waals surface area contributed by atoms with E-state index in [1.807, 2.05) is 58.9 Å². The maximum atomic E-state index is 11.9. The predicted octanol–water partition coefficient (Wildman–Crippen LogP) is 2.99. The second kappa shape index (κ2) is 8.91. The molecule has 0 fully saturated rings. The number of rotatable bonds is 7. The van der Waals surface area contributed by atoms with Gasteiger partial charge in [0.1, 0.15) is 5.75 Å². The Bertz CT molecular complexity index is 541. The highest BCUT2D eigenvalue weighted by Crippen LogP contribution is 2.19. The molecule has 5 nitrogen and oxygen atoms in total. The van der Waals surface area contributed by atoms with Crippen LogP contribution in [0.3, 0.4) is 0 Å². The zero-order valence-corrected chi connectivity index (χ0v) is 15.5. The molecule has 6 heteroatoms. The van der Waals surface area contributed by atoms with Gasteiger partial charge in [0.2, 0.25) is 0 Å². The summed E-state index contributed by atoms with van der Waals surface area (Å²) in [5, 5.41) is 5.63. The molecule has 0 saturated heterocycles. The molecule has 0 heterocycles. The average Bonchev–Trinajstić information content (AvgIpc) is 2.46. The zero-order valence-electron chi connectivity index (χ0n) is 14.6. The number of amides is 2. The lowest BCUT2D eigenvalue weighted by atomic mass is 10.1. The summed E-state index contributed by atoms with van der Waals surface area (Å²) in [6, 6.07) is 7.27. The summed E-state index contributed by atoms with van der Waals surface area (Å²) < 4.78 is 17.1. The fourth-order valence-electron chi connectivity index (χ4n) is 1.93. The monoisotopic (exact) mass is 340 g/mol. The van der Waals surface area contributed by atoms with E-state index in [0.29, 0.717) is 18.9 Å². The van der Waals surface area contributed by atoms with Crippen LogP contribution in [-0.4, -0.2) is 33.9 Å². The molecular weight excluding hydrogens is 312 g/mol. The zero-order chi connectivity index (χ0) is 17.5. The van der Waals surface area contributed by atoms with Crippen molar-refractivity contribution in [2.75, 3.05) is 18.9 Å². The van der Waals surface area contributed by atoms with Crippen LogP contribution in [0.1, 0.15) is 46.2 Å². The molecule has 1 rings (SSSR count). The Kier molecular flexibility index (Phi) is 7.55. The van der Waals surface area contributed by atoms with Gasteiger partial charge in [-0.1, -0.05) is 12.1 Å². The number of nitrogens with one attached hydrogen (secondary N) is 2. The van der Waals surface area contributed by atoms with Crippen LogP contribution in [0.25, 0.3) is 0 Å². The van der Waals surface area contributed by atoms with Crippen molar-refractivity contribution in [3.8, 4) is 5.75 Å². The number of ether oxygens (including phenoxy) is 1. The van der Waals surface area contributed by atoms with E-state index >= 15 is 0 Å². The van der Waals surface area contributed by atoms with Crippen molar-refractivity contribution < 1.29 is 13.7 Å². The molecule has 130 valence electrons. The summed E-state index contributed by atoms with van der Waals surface area (Å²) in [5.41, 5.74) is 0.976. The summed E-state index contributed by atoms with van der Waals surface area (Å²) in [6.07, 6.45) is 0. The molecule has 0 bridgehead atoms. The Balaban J connectivity index is 2.45. The van der Waals surface area contributed by atoms with Crippen LogP contribution in [0, 0.1) is 0 Å². The van der Waals surface area contributed by atoms with Gasteiger partial charge in [0.05, 0.1) is 12.6 Å². The van der Waals surface area contributed by atoms with Gasteiger partial charge in [-0.3, -0.25) is 4.21 Å². The maximum Gasteiger partial charge on any atom is 0.315 e. The number of carbonyl (C=O) groups is 1. The lowest BCUT2D eigenvalue weighted by molar-refractivity contribution is 0.238. The van der Waals surface area contributed by atoms with Crippen LogP contribution in [0.2, 0.25) is 0 Å². The molecule has 0 saturated carbocycles. The Hall–Kier alpha value is -1.56. The number of urea groups is 1. The Morgan fingerprint density at radius 3 is 2.65 bits per heavy atom. The largest absolute Gasteiger partial charge is 0.494 e. The van der Waals surface area contributed by atoms with E-state index in [1.165, 1.54) is 0 Å². The Morgan fingerprint density at radius 2 is 2.04 bits per heavy atom. The second-order valence-electron chi connectivity index (χ2n) is 6.29. The minimum absolute atomic E-state index is 0.136. The summed E-state index contributed by atoms with van der Waals surface area (Å²) in [6.45, 7) is 10.6. The summed E-state index contributed by atoms with van der Waals surface area (Å²) in [5.74, 6) is 1.24. The highest BCUT2D eigenvalue weighted by molar-refractivity contribution is 7.86. The van der Waals surface area contributed by atoms with Crippen molar-refractivity contribution in [2.24, 2.45) is 0 Å². The number of hydrogen-bond donors (Lipinski definition) is 2. The van der Waals surface area contributed by atoms with Gasteiger partial charge in [-0.2, -0.15) is 0 Å². The molecule has 0 radical (unpaired) electrons. The topological polar surface area (TPSA) is 67.4 Å². The second-order valence-corrected chi connectivity index (χ2v) is 8.61. The summed E-state index contributed by atoms with van der Waals surface area (Å²) in [4.78, 5) is 11.9. The van der Waals surface area contributed by atoms with E-state index in [4.69, 9.17) is 4.74 Å². The molecule has 0 aromatic heterocycles. The fourth-order valence-corrected chi connectivity index (χ4v) is 2.83. The molecular formula is C17H28N2O3S. The normalized spacial score (nSPS) is 14.0. The summed E-state index contributed by atoms with van der Waals surface area (Å²) >= 11 is 0. The molecule has 0 spiro atoms. The molecule has 1 aromatic carbocycles.